The third kappa shape index (κ3) is 1.54. The molecule has 2 saturated heterocycles. The highest BCUT2D eigenvalue weighted by Crippen LogP contribution is 2.47. The van der Waals surface area contributed by atoms with Gasteiger partial charge >= 0.3 is 0 Å². The number of hydrogen-bond donors (Lipinski definition) is 0. The zero-order chi connectivity index (χ0) is 14.9. The van der Waals surface area contributed by atoms with Crippen LogP contribution < -0.4 is 4.90 Å². The second-order valence-corrected chi connectivity index (χ2v) is 6.26. The van der Waals surface area contributed by atoms with Crippen LogP contribution in [0.4, 0.5) is 5.69 Å². The minimum Gasteiger partial charge on any atom is -0.365 e. The first-order chi connectivity index (χ1) is 9.99. The molecule has 108 valence electrons. The number of amides is 2. The molecule has 1 aromatic carbocycles. The number of aryl methyl sites for hydroxylation is 3. The number of benzene rings is 1. The van der Waals surface area contributed by atoms with E-state index in [0.29, 0.717) is 0 Å². The van der Waals surface area contributed by atoms with Crippen molar-refractivity contribution in [2.24, 2.45) is 11.8 Å². The van der Waals surface area contributed by atoms with Gasteiger partial charge in [0, 0.05) is 0 Å². The smallest absolute Gasteiger partial charge is 0.240 e. The first-order valence-electron chi connectivity index (χ1n) is 7.28. The number of fused-ring (bicyclic) bond motifs is 5. The molecular formula is C17H17NO3. The normalized spacial score (nSPS) is 33.2. The Hall–Kier alpha value is -1.94. The molecule has 0 N–H and O–H groups in total. The zero-order valence-corrected chi connectivity index (χ0v) is 12.3. The summed E-state index contributed by atoms with van der Waals surface area (Å²) in [6.45, 7) is 5.92. The van der Waals surface area contributed by atoms with E-state index in [-0.39, 0.29) is 35.9 Å². The molecule has 4 rings (SSSR count). The standard InChI is InChI=1S/C17H17NO3/c1-8-6-9(2)15(10(3)7-8)18-16(19)13-11-4-5-12(21-11)14(13)17(18)20/h4-7,11-14H,1-3H3/t11-,12-,13-,14-/m0/s1. The van der Waals surface area contributed by atoms with Crippen LogP contribution in [-0.4, -0.2) is 24.0 Å². The van der Waals surface area contributed by atoms with Crippen molar-refractivity contribution in [3.8, 4) is 0 Å². The van der Waals surface area contributed by atoms with Gasteiger partial charge in [-0.05, 0) is 31.9 Å². The largest absolute Gasteiger partial charge is 0.365 e. The van der Waals surface area contributed by atoms with Crippen LogP contribution in [0.5, 0.6) is 0 Å². The molecule has 1 aromatic rings. The predicted molar refractivity (Wildman–Crippen MR) is 77.9 cm³/mol. The van der Waals surface area contributed by atoms with Crippen LogP contribution in [0.25, 0.3) is 0 Å². The Bertz CT molecular complexity index is 653. The molecule has 0 spiro atoms. The van der Waals surface area contributed by atoms with Crippen molar-refractivity contribution in [2.45, 2.75) is 33.0 Å². The number of ether oxygens (including phenoxy) is 1. The molecule has 0 unspecified atom stereocenters. The monoisotopic (exact) mass is 283 g/mol. The van der Waals surface area contributed by atoms with Crippen LogP contribution in [0.1, 0.15) is 16.7 Å². The van der Waals surface area contributed by atoms with Gasteiger partial charge in [-0.1, -0.05) is 29.8 Å². The lowest BCUT2D eigenvalue weighted by atomic mass is 9.85. The molecule has 4 heteroatoms. The van der Waals surface area contributed by atoms with Crippen molar-refractivity contribution in [3.63, 3.8) is 0 Å². The van der Waals surface area contributed by atoms with Crippen LogP contribution in [0.2, 0.25) is 0 Å². The lowest BCUT2D eigenvalue weighted by molar-refractivity contribution is -0.124. The summed E-state index contributed by atoms with van der Waals surface area (Å²) in [7, 11) is 0. The summed E-state index contributed by atoms with van der Waals surface area (Å²) in [5.41, 5.74) is 3.83. The lowest BCUT2D eigenvalue weighted by Gasteiger charge is -2.22. The fourth-order valence-electron chi connectivity index (χ4n) is 4.05. The minimum absolute atomic E-state index is 0.114. The SMILES string of the molecule is Cc1cc(C)c(N2C(=O)[C@@H]3[C@@H](C2=O)[C@@H]2C=C[C@@H]3O2)c(C)c1. The molecule has 2 fully saturated rings. The number of carbonyl (C=O) groups is 2. The highest BCUT2D eigenvalue weighted by atomic mass is 16.5. The molecule has 2 amide bonds. The average Bonchev–Trinajstić information content (AvgIpc) is 3.06. The topological polar surface area (TPSA) is 46.6 Å². The van der Waals surface area contributed by atoms with E-state index in [2.05, 4.69) is 0 Å². The molecule has 0 aliphatic carbocycles. The molecule has 0 radical (unpaired) electrons. The van der Waals surface area contributed by atoms with Gasteiger partial charge in [-0.3, -0.25) is 9.59 Å². The van der Waals surface area contributed by atoms with Gasteiger partial charge in [-0.15, -0.1) is 0 Å². The summed E-state index contributed by atoms with van der Waals surface area (Å²) >= 11 is 0. The van der Waals surface area contributed by atoms with Gasteiger partial charge in [0.1, 0.15) is 0 Å². The minimum atomic E-state index is -0.340. The number of imide groups is 1. The van der Waals surface area contributed by atoms with Crippen LogP contribution >= 0.6 is 0 Å². The van der Waals surface area contributed by atoms with Crippen LogP contribution in [0.3, 0.4) is 0 Å². The van der Waals surface area contributed by atoms with E-state index in [9.17, 15) is 9.59 Å². The van der Waals surface area contributed by atoms with E-state index in [1.54, 1.807) is 0 Å². The summed E-state index contributed by atoms with van der Waals surface area (Å²) in [4.78, 5) is 26.9. The Morgan fingerprint density at radius 3 is 1.86 bits per heavy atom. The number of nitrogens with zero attached hydrogens (tertiary/aromatic N) is 1. The molecule has 4 atom stereocenters. The van der Waals surface area contributed by atoms with Crippen LogP contribution in [0, 0.1) is 32.6 Å². The summed E-state index contributed by atoms with van der Waals surface area (Å²) in [6.07, 6.45) is 3.37. The van der Waals surface area contributed by atoms with Gasteiger partial charge in [0.15, 0.2) is 0 Å². The number of carbonyl (C=O) groups excluding carboxylic acids is 2. The van der Waals surface area contributed by atoms with Crippen molar-refractivity contribution in [1.29, 1.82) is 0 Å². The molecule has 3 aliphatic heterocycles. The summed E-state index contributed by atoms with van der Waals surface area (Å²) in [5, 5.41) is 0. The molecule has 21 heavy (non-hydrogen) atoms. The van der Waals surface area contributed by atoms with E-state index in [1.165, 1.54) is 4.90 Å². The molecule has 2 bridgehead atoms. The van der Waals surface area contributed by atoms with E-state index in [0.717, 1.165) is 22.4 Å². The predicted octanol–water partition coefficient (Wildman–Crippen LogP) is 2.05. The molecule has 0 saturated carbocycles. The van der Waals surface area contributed by atoms with E-state index >= 15 is 0 Å². The third-order valence-electron chi connectivity index (χ3n) is 4.77. The van der Waals surface area contributed by atoms with Gasteiger partial charge in [0.05, 0.1) is 29.7 Å². The highest BCUT2D eigenvalue weighted by molar-refractivity contribution is 6.23. The second-order valence-electron chi connectivity index (χ2n) is 6.26. The fraction of sp³-hybridized carbons (Fsp3) is 0.412. The fourth-order valence-corrected chi connectivity index (χ4v) is 4.05. The van der Waals surface area contributed by atoms with E-state index in [4.69, 9.17) is 4.74 Å². The summed E-state index contributed by atoms with van der Waals surface area (Å²) < 4.78 is 5.66. The van der Waals surface area contributed by atoms with Crippen molar-refractivity contribution < 1.29 is 14.3 Å². The number of anilines is 1. The van der Waals surface area contributed by atoms with Gasteiger partial charge in [-0.2, -0.15) is 0 Å². The average molecular weight is 283 g/mol. The Balaban J connectivity index is 1.82. The summed E-state index contributed by atoms with van der Waals surface area (Å²) in [5.74, 6) is -0.908. The van der Waals surface area contributed by atoms with Gasteiger partial charge in [0.25, 0.3) is 0 Å². The maximum atomic E-state index is 12.8. The summed E-state index contributed by atoms with van der Waals surface area (Å²) in [6, 6.07) is 4.03. The quantitative estimate of drug-likeness (QED) is 0.585. The van der Waals surface area contributed by atoms with Crippen molar-refractivity contribution >= 4 is 17.5 Å². The molecule has 3 aliphatic rings. The molecular weight excluding hydrogens is 266 g/mol. The van der Waals surface area contributed by atoms with Gasteiger partial charge in [-0.25, -0.2) is 4.90 Å². The maximum Gasteiger partial charge on any atom is 0.240 e. The number of rotatable bonds is 1. The van der Waals surface area contributed by atoms with Crippen molar-refractivity contribution in [2.75, 3.05) is 4.90 Å². The maximum absolute atomic E-state index is 12.8. The highest BCUT2D eigenvalue weighted by Gasteiger charge is 2.61. The van der Waals surface area contributed by atoms with Crippen molar-refractivity contribution in [1.82, 2.24) is 0 Å². The van der Waals surface area contributed by atoms with Gasteiger partial charge in [0.2, 0.25) is 11.8 Å². The first-order valence-corrected chi connectivity index (χ1v) is 7.28. The van der Waals surface area contributed by atoms with Gasteiger partial charge < -0.3 is 4.74 Å². The molecule has 4 nitrogen and oxygen atoms in total. The molecule has 3 heterocycles. The zero-order valence-electron chi connectivity index (χ0n) is 12.3. The van der Waals surface area contributed by atoms with E-state index in [1.807, 2.05) is 45.1 Å². The first kappa shape index (κ1) is 12.8. The van der Waals surface area contributed by atoms with Crippen molar-refractivity contribution in [3.05, 3.63) is 41.0 Å². The Labute approximate surface area is 123 Å². The van der Waals surface area contributed by atoms with Crippen LogP contribution in [-0.2, 0) is 14.3 Å². The van der Waals surface area contributed by atoms with Crippen LogP contribution in [0.15, 0.2) is 24.3 Å². The lowest BCUT2D eigenvalue weighted by Crippen LogP contribution is -2.35. The van der Waals surface area contributed by atoms with E-state index < -0.39 is 0 Å². The Kier molecular flexibility index (Phi) is 2.46. The second kappa shape index (κ2) is 4.04. The third-order valence-corrected chi connectivity index (χ3v) is 4.77. The Morgan fingerprint density at radius 2 is 1.38 bits per heavy atom. The molecule has 0 aromatic heterocycles. The Morgan fingerprint density at radius 1 is 0.905 bits per heavy atom. The number of hydrogen-bond acceptors (Lipinski definition) is 3.